The zero-order chi connectivity index (χ0) is 39.5. The van der Waals surface area contributed by atoms with Crippen LogP contribution >= 0.6 is 0 Å². The Hall–Kier alpha value is -4.66. The molecule has 4 aliphatic rings. The molecule has 56 heavy (non-hydrogen) atoms. The first-order valence-electron chi connectivity index (χ1n) is 20.0. The van der Waals surface area contributed by atoms with Crippen LogP contribution in [0.2, 0.25) is 0 Å². The van der Waals surface area contributed by atoms with Gasteiger partial charge in [-0.15, -0.1) is 0 Å². The third-order valence-electron chi connectivity index (χ3n) is 13.9. The number of Topliss-reactive ketones (excluding diaryl/α,β-unsaturated/α-hetero) is 1. The van der Waals surface area contributed by atoms with Gasteiger partial charge in [0.1, 0.15) is 22.8 Å². The van der Waals surface area contributed by atoms with Gasteiger partial charge >= 0.3 is 5.97 Å². The van der Waals surface area contributed by atoms with E-state index in [0.29, 0.717) is 30.4 Å². The average Bonchev–Trinajstić information content (AvgIpc) is 3.62. The van der Waals surface area contributed by atoms with Crippen LogP contribution in [0.4, 0.5) is 0 Å². The van der Waals surface area contributed by atoms with E-state index in [4.69, 9.17) is 15.2 Å². The number of benzene rings is 4. The number of rotatable bonds is 11. The van der Waals surface area contributed by atoms with Gasteiger partial charge in [-0.25, -0.2) is 0 Å². The molecule has 0 amide bonds. The van der Waals surface area contributed by atoms with Gasteiger partial charge in [-0.2, -0.15) is 0 Å². The van der Waals surface area contributed by atoms with Gasteiger partial charge in [-0.05, 0) is 65.5 Å². The summed E-state index contributed by atoms with van der Waals surface area (Å²) in [4.78, 5) is 27.9. The minimum absolute atomic E-state index is 0.00534. The summed E-state index contributed by atoms with van der Waals surface area (Å²) in [5, 5.41) is 25.8. The topological polar surface area (TPSA) is 119 Å². The van der Waals surface area contributed by atoms with Crippen molar-refractivity contribution in [2.45, 2.75) is 81.8 Å². The van der Waals surface area contributed by atoms with Gasteiger partial charge in [0.25, 0.3) is 0 Å². The molecule has 4 aromatic carbocycles. The van der Waals surface area contributed by atoms with Crippen molar-refractivity contribution >= 4 is 11.8 Å². The van der Waals surface area contributed by atoms with E-state index in [0.717, 1.165) is 22.3 Å². The first kappa shape index (κ1) is 38.2. The highest BCUT2D eigenvalue weighted by molar-refractivity contribution is 6.04. The summed E-state index contributed by atoms with van der Waals surface area (Å²) in [6.07, 6.45) is 5.29. The Morgan fingerprint density at radius 1 is 0.839 bits per heavy atom. The quantitative estimate of drug-likeness (QED) is 0.0826. The molecule has 0 aliphatic heterocycles. The predicted molar refractivity (Wildman–Crippen MR) is 216 cm³/mol. The van der Waals surface area contributed by atoms with Crippen molar-refractivity contribution in [1.82, 2.24) is 0 Å². The number of carbonyl (C=O) groups excluding carboxylic acids is 2. The molecule has 0 aromatic heterocycles. The molecule has 2 saturated carbocycles. The van der Waals surface area contributed by atoms with E-state index < -0.39 is 57.6 Å². The summed E-state index contributed by atoms with van der Waals surface area (Å²) >= 11 is 0. The third kappa shape index (κ3) is 5.85. The fraction of sp³-hybridized carbons (Fsp3) is 0.388. The number of hydrogen-bond donors (Lipinski definition) is 3. The molecule has 0 spiro atoms. The molecule has 0 bridgehead atoms. The lowest BCUT2D eigenvalue weighted by atomic mass is 9.60. The minimum Gasteiger partial charge on any atom is -0.457 e. The molecule has 8 rings (SSSR count). The zero-order valence-corrected chi connectivity index (χ0v) is 32.7. The predicted octanol–water partition coefficient (Wildman–Crippen LogP) is 7.49. The first-order valence-corrected chi connectivity index (χ1v) is 20.0. The van der Waals surface area contributed by atoms with Crippen molar-refractivity contribution in [3.8, 4) is 0 Å². The molecule has 7 nitrogen and oxygen atoms in total. The number of ether oxygens (including phenoxy) is 2. The molecule has 0 heterocycles. The lowest BCUT2D eigenvalue weighted by Gasteiger charge is -2.50. The maximum Gasteiger partial charge on any atom is 0.323 e. The molecule has 0 unspecified atom stereocenters. The number of fused-ring (bicyclic) bond motifs is 5. The van der Waals surface area contributed by atoms with Crippen LogP contribution in [0.1, 0.15) is 69.2 Å². The number of carbonyl (C=O) groups is 2. The number of nitrogens with two attached hydrogens (primary N) is 1. The van der Waals surface area contributed by atoms with Gasteiger partial charge in [-0.1, -0.05) is 154 Å². The Balaban J connectivity index is 1.19. The Labute approximate surface area is 330 Å². The second kappa shape index (κ2) is 14.1. The Bertz CT molecular complexity index is 2050. The third-order valence-corrected chi connectivity index (χ3v) is 13.9. The van der Waals surface area contributed by atoms with Crippen LogP contribution in [0.25, 0.3) is 0 Å². The summed E-state index contributed by atoms with van der Waals surface area (Å²) in [5.74, 6) is -3.00. The van der Waals surface area contributed by atoms with E-state index in [9.17, 15) is 19.8 Å². The van der Waals surface area contributed by atoms with Crippen LogP contribution in [0.5, 0.6) is 0 Å². The van der Waals surface area contributed by atoms with Crippen molar-refractivity contribution in [3.63, 3.8) is 0 Å². The summed E-state index contributed by atoms with van der Waals surface area (Å²) in [5.41, 5.74) is 5.69. The van der Waals surface area contributed by atoms with Crippen molar-refractivity contribution in [2.75, 3.05) is 6.61 Å². The maximum atomic E-state index is 14.0. The first-order chi connectivity index (χ1) is 26.8. The molecule has 2 fully saturated rings. The van der Waals surface area contributed by atoms with Gasteiger partial charge in [0, 0.05) is 29.6 Å². The minimum atomic E-state index is -1.87. The molecule has 7 heteroatoms. The maximum absolute atomic E-state index is 14.0. The molecule has 0 saturated heterocycles. The monoisotopic (exact) mass is 751 g/mol. The lowest BCUT2D eigenvalue weighted by Crippen LogP contribution is -2.61. The van der Waals surface area contributed by atoms with Crippen molar-refractivity contribution in [2.24, 2.45) is 34.8 Å². The van der Waals surface area contributed by atoms with Crippen molar-refractivity contribution in [1.29, 1.82) is 0 Å². The standard InChI is InChI=1S/C49H53NO6/c1-32-27-41-46(53,43(32)51)30-35(31-55-49(36-19-11-6-12-20-36,37-21-13-7-14-22-37)38-23-15-8-16-24-38)28-39-42-45(3,4)47(42,29-33(2)48(39,41)54)56-44(52)40(50)26-25-34-17-9-5-10-18-34/h5-24,27-28,33,39-42,53-54H,25-26,29-31,50H2,1-4H3/t33-,39+,40+,41-,42-,46-,47+,48-/m1/s1. The van der Waals surface area contributed by atoms with E-state index in [-0.39, 0.29) is 24.7 Å². The number of ketones is 1. The van der Waals surface area contributed by atoms with E-state index in [1.54, 1.807) is 13.0 Å². The number of aliphatic hydroxyl groups is 2. The number of hydrogen-bond acceptors (Lipinski definition) is 7. The second-order valence-corrected chi connectivity index (χ2v) is 17.3. The van der Waals surface area contributed by atoms with E-state index >= 15 is 0 Å². The van der Waals surface area contributed by atoms with Crippen molar-refractivity contribution < 1.29 is 29.3 Å². The molecule has 290 valence electrons. The number of esters is 1. The van der Waals surface area contributed by atoms with Gasteiger partial charge in [0.15, 0.2) is 5.78 Å². The molecular formula is C49H53NO6. The highest BCUT2D eigenvalue weighted by atomic mass is 16.6. The summed E-state index contributed by atoms with van der Waals surface area (Å²) in [6.45, 7) is 7.91. The van der Waals surface area contributed by atoms with Crippen LogP contribution in [0, 0.1) is 29.1 Å². The largest absolute Gasteiger partial charge is 0.457 e. The normalized spacial score (nSPS) is 30.8. The van der Waals surface area contributed by atoms with Crippen LogP contribution in [0.15, 0.2) is 145 Å². The second-order valence-electron chi connectivity index (χ2n) is 17.3. The van der Waals surface area contributed by atoms with Gasteiger partial charge in [-0.3, -0.25) is 9.59 Å². The molecule has 4 N–H and O–H groups in total. The van der Waals surface area contributed by atoms with Crippen LogP contribution in [-0.4, -0.2) is 51.4 Å². The molecule has 4 aromatic rings. The van der Waals surface area contributed by atoms with E-state index in [1.807, 2.05) is 97.9 Å². The summed E-state index contributed by atoms with van der Waals surface area (Å²) in [6, 6.07) is 39.4. The molecule has 4 aliphatic carbocycles. The Kier molecular flexibility index (Phi) is 9.60. The van der Waals surface area contributed by atoms with Crippen molar-refractivity contribution in [3.05, 3.63) is 167 Å². The smallest absolute Gasteiger partial charge is 0.323 e. The Morgan fingerprint density at radius 2 is 1.36 bits per heavy atom. The Morgan fingerprint density at radius 3 is 1.89 bits per heavy atom. The molecular weight excluding hydrogens is 699 g/mol. The van der Waals surface area contributed by atoms with Gasteiger partial charge in [0.05, 0.1) is 12.2 Å². The number of aryl methyl sites for hydroxylation is 1. The summed E-state index contributed by atoms with van der Waals surface area (Å²) < 4.78 is 13.8. The zero-order valence-electron chi connectivity index (χ0n) is 32.7. The van der Waals surface area contributed by atoms with E-state index in [1.165, 1.54) is 0 Å². The van der Waals surface area contributed by atoms with Crippen LogP contribution in [0.3, 0.4) is 0 Å². The lowest BCUT2D eigenvalue weighted by molar-refractivity contribution is -0.187. The fourth-order valence-corrected chi connectivity index (χ4v) is 10.9. The SMILES string of the molecule is CC1=C[C@H]2[C@@]3(O)[C@H](C)C[C@]4(OC(=O)[C@@H](N)CCc5ccccc5)[C@H]([C@@H]3C=C(COC(c3ccccc3)(c3ccccc3)c3ccccc3)C[C@]2(O)C1=O)C4(C)C. The van der Waals surface area contributed by atoms with Gasteiger partial charge < -0.3 is 25.4 Å². The highest BCUT2D eigenvalue weighted by Gasteiger charge is 2.83. The van der Waals surface area contributed by atoms with Gasteiger partial charge in [0.2, 0.25) is 0 Å². The molecule has 0 radical (unpaired) electrons. The fourth-order valence-electron chi connectivity index (χ4n) is 10.9. The highest BCUT2D eigenvalue weighted by Crippen LogP contribution is 2.76. The molecule has 8 atom stereocenters. The average molecular weight is 752 g/mol. The van der Waals surface area contributed by atoms with Crippen LogP contribution in [-0.2, 0) is 31.1 Å². The van der Waals surface area contributed by atoms with Crippen LogP contribution < -0.4 is 5.73 Å². The summed E-state index contributed by atoms with van der Waals surface area (Å²) in [7, 11) is 0. The van der Waals surface area contributed by atoms with E-state index in [2.05, 4.69) is 50.2 Å².